The third-order valence-corrected chi connectivity index (χ3v) is 3.54. The molecule has 0 aliphatic carbocycles. The van der Waals surface area contributed by atoms with E-state index in [1.165, 1.54) is 0 Å². The Labute approximate surface area is 106 Å². The van der Waals surface area contributed by atoms with Crippen LogP contribution < -0.4 is 11.1 Å². The molecule has 0 saturated carbocycles. The van der Waals surface area contributed by atoms with Crippen LogP contribution in [-0.4, -0.2) is 24.2 Å². The molecular weight excluding hydrogens is 236 g/mol. The number of carbonyl (C=O) groups excluding carboxylic acids is 1. The van der Waals surface area contributed by atoms with Gasteiger partial charge in [0.05, 0.1) is 5.56 Å². The fourth-order valence-corrected chi connectivity index (χ4v) is 2.32. The molecule has 4 N–H and O–H groups in total. The number of aliphatic hydroxyl groups excluding tert-OH is 1. The van der Waals surface area contributed by atoms with E-state index in [0.717, 1.165) is 30.8 Å². The topological polar surface area (TPSA) is 75.3 Å². The zero-order valence-corrected chi connectivity index (χ0v) is 10.9. The minimum atomic E-state index is -0.371. The van der Waals surface area contributed by atoms with Crippen molar-refractivity contribution >= 4 is 17.2 Å². The third-order valence-electron chi connectivity index (χ3n) is 2.60. The number of thiophene rings is 1. The number of amides is 1. The molecule has 0 bridgehead atoms. The van der Waals surface area contributed by atoms with Gasteiger partial charge in [0.1, 0.15) is 0 Å². The Morgan fingerprint density at radius 3 is 3.00 bits per heavy atom. The van der Waals surface area contributed by atoms with E-state index in [4.69, 9.17) is 10.8 Å². The Morgan fingerprint density at radius 1 is 1.65 bits per heavy atom. The van der Waals surface area contributed by atoms with Gasteiger partial charge in [0.15, 0.2) is 0 Å². The van der Waals surface area contributed by atoms with Crippen LogP contribution in [0, 0.1) is 5.92 Å². The summed E-state index contributed by atoms with van der Waals surface area (Å²) in [5.74, 6) is 0.00396. The van der Waals surface area contributed by atoms with Crippen molar-refractivity contribution in [2.75, 3.05) is 13.2 Å². The Balaban J connectivity index is 2.15. The first-order valence-electron chi connectivity index (χ1n) is 5.82. The van der Waals surface area contributed by atoms with Gasteiger partial charge >= 0.3 is 0 Å². The Hall–Kier alpha value is -0.910. The fraction of sp³-hybridized carbons (Fsp3) is 0.583. The lowest BCUT2D eigenvalue weighted by Crippen LogP contribution is -2.15. The van der Waals surface area contributed by atoms with Crippen molar-refractivity contribution in [2.24, 2.45) is 11.7 Å². The van der Waals surface area contributed by atoms with Gasteiger partial charge in [-0.25, -0.2) is 0 Å². The van der Waals surface area contributed by atoms with E-state index in [2.05, 4.69) is 5.32 Å². The summed E-state index contributed by atoms with van der Waals surface area (Å²) in [6.45, 7) is 3.99. The molecule has 1 aromatic rings. The normalized spacial score (nSPS) is 12.6. The van der Waals surface area contributed by atoms with Crippen molar-refractivity contribution in [2.45, 2.75) is 26.3 Å². The molecular formula is C12H20N2O2S. The molecule has 4 nitrogen and oxygen atoms in total. The maximum Gasteiger partial charge on any atom is 0.249 e. The number of carbonyl (C=O) groups is 1. The van der Waals surface area contributed by atoms with Crippen LogP contribution >= 0.6 is 11.3 Å². The highest BCUT2D eigenvalue weighted by Gasteiger charge is 2.04. The van der Waals surface area contributed by atoms with E-state index < -0.39 is 0 Å². The van der Waals surface area contributed by atoms with Gasteiger partial charge < -0.3 is 16.2 Å². The zero-order chi connectivity index (χ0) is 12.7. The summed E-state index contributed by atoms with van der Waals surface area (Å²) in [6, 6.07) is 1.83. The summed E-state index contributed by atoms with van der Waals surface area (Å²) < 4.78 is 0. The van der Waals surface area contributed by atoms with Crippen molar-refractivity contribution in [3.8, 4) is 0 Å². The van der Waals surface area contributed by atoms with Gasteiger partial charge in [-0.1, -0.05) is 6.92 Å². The second-order valence-corrected chi connectivity index (χ2v) is 5.27. The number of nitrogens with one attached hydrogen (secondary N) is 1. The summed E-state index contributed by atoms with van der Waals surface area (Å²) in [5, 5.41) is 14.0. The zero-order valence-electron chi connectivity index (χ0n) is 10.1. The van der Waals surface area contributed by atoms with Crippen LogP contribution in [0.4, 0.5) is 0 Å². The lowest BCUT2D eigenvalue weighted by atomic mass is 10.1. The second kappa shape index (κ2) is 7.42. The minimum absolute atomic E-state index is 0.257. The highest BCUT2D eigenvalue weighted by Crippen LogP contribution is 2.13. The predicted molar refractivity (Wildman–Crippen MR) is 70.0 cm³/mol. The summed E-state index contributed by atoms with van der Waals surface area (Å²) in [4.78, 5) is 12.0. The Kier molecular flexibility index (Phi) is 6.18. The first-order chi connectivity index (χ1) is 8.13. The van der Waals surface area contributed by atoms with Gasteiger partial charge in [-0.15, -0.1) is 11.3 Å². The largest absolute Gasteiger partial charge is 0.396 e. The van der Waals surface area contributed by atoms with Crippen LogP contribution in [0.15, 0.2) is 11.4 Å². The van der Waals surface area contributed by atoms with Gasteiger partial charge in [-0.05, 0) is 31.4 Å². The summed E-state index contributed by atoms with van der Waals surface area (Å²) >= 11 is 1.54. The molecule has 0 spiro atoms. The molecule has 0 saturated heterocycles. The van der Waals surface area contributed by atoms with Crippen LogP contribution in [0.1, 0.15) is 35.0 Å². The van der Waals surface area contributed by atoms with Crippen molar-refractivity contribution in [1.29, 1.82) is 0 Å². The number of hydrogen-bond donors (Lipinski definition) is 3. The number of primary amides is 1. The quantitative estimate of drug-likeness (QED) is 0.614. The molecule has 1 rings (SSSR count). The maximum absolute atomic E-state index is 10.9. The second-order valence-electron chi connectivity index (χ2n) is 4.27. The molecule has 96 valence electrons. The average molecular weight is 256 g/mol. The van der Waals surface area contributed by atoms with E-state index in [1.54, 1.807) is 16.7 Å². The Bertz CT molecular complexity index is 352. The van der Waals surface area contributed by atoms with Gasteiger partial charge in [0.25, 0.3) is 0 Å². The molecule has 1 heterocycles. The fourth-order valence-electron chi connectivity index (χ4n) is 1.48. The lowest BCUT2D eigenvalue weighted by molar-refractivity contribution is 0.100. The molecule has 1 unspecified atom stereocenters. The van der Waals surface area contributed by atoms with Crippen LogP contribution in [-0.2, 0) is 6.54 Å². The number of hydrogen-bond acceptors (Lipinski definition) is 4. The molecule has 0 aliphatic heterocycles. The van der Waals surface area contributed by atoms with Crippen LogP contribution in [0.2, 0.25) is 0 Å². The molecule has 0 radical (unpaired) electrons. The van der Waals surface area contributed by atoms with E-state index in [9.17, 15) is 4.79 Å². The molecule has 1 aromatic heterocycles. The smallest absolute Gasteiger partial charge is 0.249 e. The number of aliphatic hydroxyl groups is 1. The number of rotatable bonds is 8. The highest BCUT2D eigenvalue weighted by atomic mass is 32.1. The van der Waals surface area contributed by atoms with Crippen molar-refractivity contribution < 1.29 is 9.90 Å². The molecule has 0 fully saturated rings. The summed E-state index contributed by atoms with van der Waals surface area (Å²) in [5.41, 5.74) is 5.76. The highest BCUT2D eigenvalue weighted by molar-refractivity contribution is 7.10. The van der Waals surface area contributed by atoms with Crippen molar-refractivity contribution in [3.05, 3.63) is 21.9 Å². The summed E-state index contributed by atoms with van der Waals surface area (Å²) in [7, 11) is 0. The van der Waals surface area contributed by atoms with E-state index in [0.29, 0.717) is 11.5 Å². The van der Waals surface area contributed by atoms with Gasteiger partial charge in [0, 0.05) is 23.4 Å². The molecule has 5 heteroatoms. The third kappa shape index (κ3) is 5.30. The van der Waals surface area contributed by atoms with Gasteiger partial charge in [0.2, 0.25) is 5.91 Å². The Morgan fingerprint density at radius 2 is 2.41 bits per heavy atom. The van der Waals surface area contributed by atoms with E-state index in [1.807, 2.05) is 13.0 Å². The van der Waals surface area contributed by atoms with Crippen LogP contribution in [0.3, 0.4) is 0 Å². The molecule has 17 heavy (non-hydrogen) atoms. The molecule has 0 aromatic carbocycles. The van der Waals surface area contributed by atoms with Gasteiger partial charge in [-0.3, -0.25) is 4.79 Å². The van der Waals surface area contributed by atoms with Crippen LogP contribution in [0.5, 0.6) is 0 Å². The molecule has 1 amide bonds. The lowest BCUT2D eigenvalue weighted by Gasteiger charge is -2.07. The number of nitrogens with two attached hydrogens (primary N) is 1. The minimum Gasteiger partial charge on any atom is -0.396 e. The molecule has 0 aliphatic rings. The van der Waals surface area contributed by atoms with Crippen molar-refractivity contribution in [3.63, 3.8) is 0 Å². The SMILES string of the molecule is CC(CO)CCCNCc1cc(C(N)=O)cs1. The van der Waals surface area contributed by atoms with E-state index in [-0.39, 0.29) is 12.5 Å². The average Bonchev–Trinajstić information content (AvgIpc) is 2.77. The molecule has 1 atom stereocenters. The van der Waals surface area contributed by atoms with E-state index >= 15 is 0 Å². The standard InChI is InChI=1S/C12H20N2O2S/c1-9(7-15)3-2-4-14-6-11-5-10(8-17-11)12(13)16/h5,8-9,14-15H,2-4,6-7H2,1H3,(H2,13,16). The first kappa shape index (κ1) is 14.2. The van der Waals surface area contributed by atoms with Crippen molar-refractivity contribution in [1.82, 2.24) is 5.32 Å². The van der Waals surface area contributed by atoms with Gasteiger partial charge in [-0.2, -0.15) is 0 Å². The predicted octanol–water partition coefficient (Wildman–Crippen LogP) is 1.35. The van der Waals surface area contributed by atoms with Crippen LogP contribution in [0.25, 0.3) is 0 Å². The summed E-state index contributed by atoms with van der Waals surface area (Å²) in [6.07, 6.45) is 2.08. The first-order valence-corrected chi connectivity index (χ1v) is 6.70. The monoisotopic (exact) mass is 256 g/mol. The maximum atomic E-state index is 10.9.